The number of rotatable bonds is 3. The highest BCUT2D eigenvalue weighted by Crippen LogP contribution is 2.18. The Morgan fingerprint density at radius 2 is 1.95 bits per heavy atom. The minimum Gasteiger partial charge on any atom is -0.356 e. The molecule has 112 valence electrons. The number of piperidine rings is 1. The summed E-state index contributed by atoms with van der Waals surface area (Å²) >= 11 is 0. The number of nitrogens with zero attached hydrogens (tertiary/aromatic N) is 4. The average Bonchev–Trinajstić information content (AvgIpc) is 2.51. The number of amides is 1. The molecule has 0 radical (unpaired) electrons. The molecule has 1 unspecified atom stereocenters. The Morgan fingerprint density at radius 3 is 2.57 bits per heavy atom. The Balaban J connectivity index is 2.12. The molecule has 0 bridgehead atoms. The smallest absolute Gasteiger partial charge is 0.244 e. The Kier molecular flexibility index (Phi) is 4.73. The summed E-state index contributed by atoms with van der Waals surface area (Å²) in [4.78, 5) is 14.3. The number of nitriles is 1. The second-order valence-electron chi connectivity index (χ2n) is 5.50. The first-order valence-electron chi connectivity index (χ1n) is 7.34. The van der Waals surface area contributed by atoms with E-state index in [0.717, 1.165) is 37.2 Å². The van der Waals surface area contributed by atoms with Crippen LogP contribution in [0, 0.1) is 25.2 Å². The van der Waals surface area contributed by atoms with Gasteiger partial charge in [-0.1, -0.05) is 0 Å². The van der Waals surface area contributed by atoms with Crippen molar-refractivity contribution in [3.8, 4) is 6.07 Å². The molecule has 0 saturated carbocycles. The van der Waals surface area contributed by atoms with Crippen LogP contribution in [0.25, 0.3) is 0 Å². The number of likely N-dealkylation sites (tertiary alicyclic amines) is 1. The zero-order valence-electron chi connectivity index (χ0n) is 12.8. The highest BCUT2D eigenvalue weighted by Gasteiger charge is 2.23. The summed E-state index contributed by atoms with van der Waals surface area (Å²) < 4.78 is 0. The second-order valence-corrected chi connectivity index (χ2v) is 5.50. The van der Waals surface area contributed by atoms with Crippen molar-refractivity contribution in [3.05, 3.63) is 16.8 Å². The number of aryl methyl sites for hydroxylation is 1. The van der Waals surface area contributed by atoms with Gasteiger partial charge in [-0.05, 0) is 45.6 Å². The number of anilines is 1. The van der Waals surface area contributed by atoms with E-state index >= 15 is 0 Å². The van der Waals surface area contributed by atoms with Crippen LogP contribution in [0.3, 0.4) is 0 Å². The number of carbonyl (C=O) groups is 1. The molecule has 21 heavy (non-hydrogen) atoms. The van der Waals surface area contributed by atoms with Gasteiger partial charge in [0.15, 0.2) is 5.82 Å². The topological polar surface area (TPSA) is 81.9 Å². The van der Waals surface area contributed by atoms with E-state index in [9.17, 15) is 10.1 Å². The monoisotopic (exact) mass is 287 g/mol. The largest absolute Gasteiger partial charge is 0.356 e. The van der Waals surface area contributed by atoms with Crippen molar-refractivity contribution >= 4 is 11.7 Å². The van der Waals surface area contributed by atoms with E-state index < -0.39 is 6.04 Å². The molecule has 1 N–H and O–H groups in total. The van der Waals surface area contributed by atoms with Crippen molar-refractivity contribution in [2.24, 2.45) is 0 Å². The van der Waals surface area contributed by atoms with Crippen LogP contribution < -0.4 is 5.32 Å². The van der Waals surface area contributed by atoms with Crippen molar-refractivity contribution < 1.29 is 4.79 Å². The van der Waals surface area contributed by atoms with Gasteiger partial charge in [-0.15, -0.1) is 5.10 Å². The summed E-state index contributed by atoms with van der Waals surface area (Å²) in [6.07, 6.45) is 3.31. The molecule has 1 saturated heterocycles. The van der Waals surface area contributed by atoms with Crippen molar-refractivity contribution in [1.29, 1.82) is 5.26 Å². The lowest BCUT2D eigenvalue weighted by Crippen LogP contribution is -2.44. The fraction of sp³-hybridized carbons (Fsp3) is 0.600. The van der Waals surface area contributed by atoms with E-state index in [1.54, 1.807) is 6.92 Å². The minimum absolute atomic E-state index is 0.0543. The molecule has 1 atom stereocenters. The maximum atomic E-state index is 12.4. The molecular formula is C15H21N5O. The van der Waals surface area contributed by atoms with Crippen LogP contribution in [-0.4, -0.2) is 40.1 Å². The zero-order valence-corrected chi connectivity index (χ0v) is 12.8. The second kappa shape index (κ2) is 6.53. The van der Waals surface area contributed by atoms with Crippen LogP contribution in [0.2, 0.25) is 0 Å². The number of aromatic nitrogens is 2. The Labute approximate surface area is 125 Å². The van der Waals surface area contributed by atoms with E-state index in [1.807, 2.05) is 18.7 Å². The van der Waals surface area contributed by atoms with Crippen molar-refractivity contribution in [3.63, 3.8) is 0 Å². The molecule has 0 spiro atoms. The van der Waals surface area contributed by atoms with Crippen molar-refractivity contribution in [1.82, 2.24) is 15.1 Å². The maximum Gasteiger partial charge on any atom is 0.244 e. The van der Waals surface area contributed by atoms with E-state index in [1.165, 1.54) is 6.42 Å². The Bertz CT molecular complexity index is 572. The SMILES string of the molecule is Cc1nnc(NC(C)C(=O)N2CCCCC2)c(C#N)c1C. The van der Waals surface area contributed by atoms with Crippen LogP contribution >= 0.6 is 0 Å². The normalized spacial score (nSPS) is 16.2. The predicted octanol–water partition coefficient (Wildman–Crippen LogP) is 1.78. The summed E-state index contributed by atoms with van der Waals surface area (Å²) in [7, 11) is 0. The molecule has 1 aliphatic heterocycles. The zero-order chi connectivity index (χ0) is 15.4. The number of hydrogen-bond acceptors (Lipinski definition) is 5. The van der Waals surface area contributed by atoms with Crippen LogP contribution in [0.5, 0.6) is 0 Å². The van der Waals surface area contributed by atoms with Crippen LogP contribution in [0.15, 0.2) is 0 Å². The lowest BCUT2D eigenvalue weighted by Gasteiger charge is -2.29. The van der Waals surface area contributed by atoms with Gasteiger partial charge in [-0.25, -0.2) is 0 Å². The summed E-state index contributed by atoms with van der Waals surface area (Å²) in [5, 5.41) is 20.4. The van der Waals surface area contributed by atoms with Gasteiger partial charge in [0.05, 0.1) is 5.69 Å². The van der Waals surface area contributed by atoms with Crippen LogP contribution in [-0.2, 0) is 4.79 Å². The standard InChI is InChI=1S/C15H21N5O/c1-10-11(2)18-19-14(13(10)9-16)17-12(3)15(21)20-7-5-4-6-8-20/h12H,4-8H2,1-3H3,(H,17,19). The molecule has 1 aliphatic rings. The molecule has 2 heterocycles. The summed E-state index contributed by atoms with van der Waals surface area (Å²) in [6, 6.07) is 1.73. The summed E-state index contributed by atoms with van der Waals surface area (Å²) in [6.45, 7) is 7.08. The van der Waals surface area contributed by atoms with Crippen LogP contribution in [0.1, 0.15) is 43.0 Å². The minimum atomic E-state index is -0.411. The molecular weight excluding hydrogens is 266 g/mol. The molecule has 6 heteroatoms. The number of hydrogen-bond donors (Lipinski definition) is 1. The van der Waals surface area contributed by atoms with E-state index in [4.69, 9.17) is 0 Å². The highest BCUT2D eigenvalue weighted by atomic mass is 16.2. The molecule has 1 amide bonds. The first kappa shape index (κ1) is 15.2. The fourth-order valence-electron chi connectivity index (χ4n) is 2.50. The third-order valence-electron chi connectivity index (χ3n) is 3.96. The van der Waals surface area contributed by atoms with Gasteiger partial charge < -0.3 is 10.2 Å². The molecule has 1 aromatic heterocycles. The number of carbonyl (C=O) groups excluding carboxylic acids is 1. The van der Waals surface area contributed by atoms with Gasteiger partial charge in [-0.2, -0.15) is 10.4 Å². The van der Waals surface area contributed by atoms with Crippen molar-refractivity contribution in [2.75, 3.05) is 18.4 Å². The predicted molar refractivity (Wildman–Crippen MR) is 79.7 cm³/mol. The molecule has 0 aromatic carbocycles. The van der Waals surface area contributed by atoms with E-state index in [0.29, 0.717) is 11.4 Å². The van der Waals surface area contributed by atoms with Gasteiger partial charge in [0.1, 0.15) is 17.7 Å². The highest BCUT2D eigenvalue weighted by molar-refractivity contribution is 5.84. The van der Waals surface area contributed by atoms with Gasteiger partial charge in [0, 0.05) is 13.1 Å². The lowest BCUT2D eigenvalue weighted by atomic mass is 10.1. The quantitative estimate of drug-likeness (QED) is 0.916. The van der Waals surface area contributed by atoms with E-state index in [-0.39, 0.29) is 5.91 Å². The van der Waals surface area contributed by atoms with Crippen molar-refractivity contribution in [2.45, 2.75) is 46.1 Å². The van der Waals surface area contributed by atoms with Gasteiger partial charge in [0.2, 0.25) is 5.91 Å². The molecule has 0 aliphatic carbocycles. The fourth-order valence-corrected chi connectivity index (χ4v) is 2.50. The Morgan fingerprint density at radius 1 is 1.29 bits per heavy atom. The molecule has 1 aromatic rings. The molecule has 1 fully saturated rings. The average molecular weight is 287 g/mol. The number of nitrogens with one attached hydrogen (secondary N) is 1. The Hall–Kier alpha value is -2.16. The molecule has 6 nitrogen and oxygen atoms in total. The third kappa shape index (κ3) is 3.30. The van der Waals surface area contributed by atoms with Gasteiger partial charge in [-0.3, -0.25) is 4.79 Å². The third-order valence-corrected chi connectivity index (χ3v) is 3.96. The summed E-state index contributed by atoms with van der Waals surface area (Å²) in [5.41, 5.74) is 1.99. The van der Waals surface area contributed by atoms with Gasteiger partial charge in [0.25, 0.3) is 0 Å². The van der Waals surface area contributed by atoms with E-state index in [2.05, 4.69) is 21.6 Å². The maximum absolute atomic E-state index is 12.4. The summed E-state index contributed by atoms with van der Waals surface area (Å²) in [5.74, 6) is 0.442. The first-order chi connectivity index (χ1) is 10.0. The first-order valence-corrected chi connectivity index (χ1v) is 7.34. The van der Waals surface area contributed by atoms with Crippen LogP contribution in [0.4, 0.5) is 5.82 Å². The molecule has 2 rings (SSSR count). The van der Waals surface area contributed by atoms with Gasteiger partial charge >= 0.3 is 0 Å². The lowest BCUT2D eigenvalue weighted by molar-refractivity contribution is -0.132.